The van der Waals surface area contributed by atoms with Gasteiger partial charge in [-0.25, -0.2) is 4.79 Å². The fourth-order valence-corrected chi connectivity index (χ4v) is 2.36. The molecular formula is C14H20N2O2. The Labute approximate surface area is 108 Å². The number of carbonyl (C=O) groups excluding carboxylic acids is 1. The third kappa shape index (κ3) is 2.82. The highest BCUT2D eigenvalue weighted by molar-refractivity contribution is 5.90. The van der Waals surface area contributed by atoms with E-state index in [1.54, 1.807) is 4.90 Å². The van der Waals surface area contributed by atoms with Crippen LogP contribution in [0.1, 0.15) is 25.3 Å². The molecule has 4 heteroatoms. The van der Waals surface area contributed by atoms with Crippen LogP contribution in [0, 0.1) is 6.92 Å². The predicted molar refractivity (Wildman–Crippen MR) is 71.6 cm³/mol. The first-order valence-electron chi connectivity index (χ1n) is 6.37. The molecular weight excluding hydrogens is 228 g/mol. The third-order valence-corrected chi connectivity index (χ3v) is 3.24. The maximum absolute atomic E-state index is 11.9. The minimum atomic E-state index is -0.668. The Hall–Kier alpha value is -1.55. The number of nitrogens with one attached hydrogen (secondary N) is 1. The van der Waals surface area contributed by atoms with Gasteiger partial charge in [0.1, 0.15) is 0 Å². The Balaban J connectivity index is 1.87. The Morgan fingerprint density at radius 2 is 2.22 bits per heavy atom. The van der Waals surface area contributed by atoms with E-state index in [9.17, 15) is 9.90 Å². The molecule has 1 aromatic carbocycles. The van der Waals surface area contributed by atoms with Crippen LogP contribution in [0.5, 0.6) is 0 Å². The number of anilines is 1. The minimum Gasteiger partial charge on any atom is -0.386 e. The Kier molecular flexibility index (Phi) is 3.57. The van der Waals surface area contributed by atoms with Crippen LogP contribution in [0.25, 0.3) is 0 Å². The summed E-state index contributed by atoms with van der Waals surface area (Å²) in [5, 5.41) is 12.9. The summed E-state index contributed by atoms with van der Waals surface area (Å²) in [5.41, 5.74) is 1.24. The average Bonchev–Trinajstić information content (AvgIpc) is 2.26. The summed E-state index contributed by atoms with van der Waals surface area (Å²) >= 11 is 0. The number of hydrogen-bond acceptors (Lipinski definition) is 2. The lowest BCUT2D eigenvalue weighted by Gasteiger charge is -2.46. The number of rotatable bonds is 3. The van der Waals surface area contributed by atoms with Crippen molar-refractivity contribution in [3.05, 3.63) is 29.8 Å². The van der Waals surface area contributed by atoms with Gasteiger partial charge in [0.05, 0.1) is 18.7 Å². The van der Waals surface area contributed by atoms with Gasteiger partial charge in [0.25, 0.3) is 0 Å². The molecule has 1 fully saturated rings. The number of nitrogens with zero attached hydrogens (tertiary/aromatic N) is 1. The van der Waals surface area contributed by atoms with Crippen molar-refractivity contribution in [3.63, 3.8) is 0 Å². The zero-order valence-corrected chi connectivity index (χ0v) is 10.9. The molecule has 1 aliphatic rings. The van der Waals surface area contributed by atoms with Crippen molar-refractivity contribution in [2.45, 2.75) is 32.3 Å². The van der Waals surface area contributed by atoms with Gasteiger partial charge in [-0.05, 0) is 31.0 Å². The van der Waals surface area contributed by atoms with E-state index < -0.39 is 5.60 Å². The van der Waals surface area contributed by atoms with Gasteiger partial charge >= 0.3 is 6.03 Å². The summed E-state index contributed by atoms with van der Waals surface area (Å²) in [5.74, 6) is 0. The maximum atomic E-state index is 11.9. The predicted octanol–water partition coefficient (Wildman–Crippen LogP) is 2.37. The van der Waals surface area contributed by atoms with Crippen molar-refractivity contribution in [2.75, 3.05) is 18.4 Å². The molecule has 0 spiro atoms. The number of likely N-dealkylation sites (tertiary alicyclic amines) is 1. The molecule has 0 radical (unpaired) electrons. The smallest absolute Gasteiger partial charge is 0.322 e. The second kappa shape index (κ2) is 4.98. The van der Waals surface area contributed by atoms with Crippen molar-refractivity contribution in [1.82, 2.24) is 4.90 Å². The SMILES string of the molecule is CCCC1(O)CN(C(=O)Nc2cccc(C)c2)C1. The van der Waals surface area contributed by atoms with Gasteiger partial charge < -0.3 is 15.3 Å². The van der Waals surface area contributed by atoms with Gasteiger partial charge in [-0.2, -0.15) is 0 Å². The van der Waals surface area contributed by atoms with Gasteiger partial charge in [0.15, 0.2) is 0 Å². The third-order valence-electron chi connectivity index (χ3n) is 3.24. The number of hydrogen-bond donors (Lipinski definition) is 2. The van der Waals surface area contributed by atoms with Crippen LogP contribution in [0.15, 0.2) is 24.3 Å². The number of aliphatic hydroxyl groups is 1. The summed E-state index contributed by atoms with van der Waals surface area (Å²) < 4.78 is 0. The molecule has 0 saturated carbocycles. The molecule has 98 valence electrons. The van der Waals surface area contributed by atoms with Gasteiger partial charge in [0, 0.05) is 5.69 Å². The normalized spacial score (nSPS) is 17.2. The molecule has 4 nitrogen and oxygen atoms in total. The molecule has 1 aromatic rings. The first kappa shape index (κ1) is 12.9. The highest BCUT2D eigenvalue weighted by Gasteiger charge is 2.42. The molecule has 0 aromatic heterocycles. The molecule has 1 aliphatic heterocycles. The zero-order chi connectivity index (χ0) is 13.2. The van der Waals surface area contributed by atoms with Crippen LogP contribution in [0.4, 0.5) is 10.5 Å². The van der Waals surface area contributed by atoms with E-state index in [1.165, 1.54) is 0 Å². The number of aryl methyl sites for hydroxylation is 1. The molecule has 0 atom stereocenters. The second-order valence-corrected chi connectivity index (χ2v) is 5.13. The van der Waals surface area contributed by atoms with Crippen molar-refractivity contribution >= 4 is 11.7 Å². The molecule has 18 heavy (non-hydrogen) atoms. The van der Waals surface area contributed by atoms with Gasteiger partial charge in [-0.1, -0.05) is 25.5 Å². The first-order chi connectivity index (χ1) is 8.52. The first-order valence-corrected chi connectivity index (χ1v) is 6.37. The molecule has 2 amide bonds. The number of urea groups is 1. The lowest BCUT2D eigenvalue weighted by Crippen LogP contribution is -2.64. The Morgan fingerprint density at radius 3 is 2.83 bits per heavy atom. The van der Waals surface area contributed by atoms with Crippen LogP contribution in [0.3, 0.4) is 0 Å². The number of benzene rings is 1. The Bertz CT molecular complexity index is 439. The Morgan fingerprint density at radius 1 is 1.50 bits per heavy atom. The lowest BCUT2D eigenvalue weighted by atomic mass is 9.90. The molecule has 1 heterocycles. The standard InChI is InChI=1S/C14H20N2O2/c1-3-7-14(18)9-16(10-14)13(17)15-12-6-4-5-11(2)8-12/h4-6,8,18H,3,7,9-10H2,1-2H3,(H,15,17). The van der Waals surface area contributed by atoms with Gasteiger partial charge in [-0.3, -0.25) is 0 Å². The quantitative estimate of drug-likeness (QED) is 0.863. The van der Waals surface area contributed by atoms with Crippen LogP contribution in [0.2, 0.25) is 0 Å². The summed E-state index contributed by atoms with van der Waals surface area (Å²) in [7, 11) is 0. The van der Waals surface area contributed by atoms with Gasteiger partial charge in [0.2, 0.25) is 0 Å². The topological polar surface area (TPSA) is 52.6 Å². The summed E-state index contributed by atoms with van der Waals surface area (Å²) in [6.45, 7) is 4.88. The van der Waals surface area contributed by atoms with Crippen molar-refractivity contribution in [3.8, 4) is 0 Å². The number of amides is 2. The summed E-state index contributed by atoms with van der Waals surface area (Å²) in [6, 6.07) is 7.55. The molecule has 1 saturated heterocycles. The minimum absolute atomic E-state index is 0.138. The van der Waals surface area contributed by atoms with E-state index in [0.717, 1.165) is 24.1 Å². The van der Waals surface area contributed by atoms with Crippen molar-refractivity contribution < 1.29 is 9.90 Å². The molecule has 0 unspecified atom stereocenters. The van der Waals surface area contributed by atoms with Crippen LogP contribution in [-0.4, -0.2) is 34.7 Å². The lowest BCUT2D eigenvalue weighted by molar-refractivity contribution is -0.0792. The van der Waals surface area contributed by atoms with Crippen LogP contribution >= 0.6 is 0 Å². The average molecular weight is 248 g/mol. The molecule has 2 rings (SSSR count). The van der Waals surface area contributed by atoms with E-state index in [0.29, 0.717) is 13.1 Å². The highest BCUT2D eigenvalue weighted by Crippen LogP contribution is 2.26. The summed E-state index contributed by atoms with van der Waals surface area (Å²) in [6.07, 6.45) is 1.69. The monoisotopic (exact) mass is 248 g/mol. The largest absolute Gasteiger partial charge is 0.386 e. The fraction of sp³-hybridized carbons (Fsp3) is 0.500. The maximum Gasteiger partial charge on any atom is 0.322 e. The number of carbonyl (C=O) groups is 1. The fourth-order valence-electron chi connectivity index (χ4n) is 2.36. The highest BCUT2D eigenvalue weighted by atomic mass is 16.3. The van der Waals surface area contributed by atoms with E-state index in [-0.39, 0.29) is 6.03 Å². The van der Waals surface area contributed by atoms with Crippen LogP contribution < -0.4 is 5.32 Å². The van der Waals surface area contributed by atoms with Crippen LogP contribution in [-0.2, 0) is 0 Å². The summed E-state index contributed by atoms with van der Waals surface area (Å²) in [4.78, 5) is 13.5. The van der Waals surface area contributed by atoms with Crippen molar-refractivity contribution in [1.29, 1.82) is 0 Å². The number of β-amino-alcohol motifs (C(OH)–C–C–N with tert-alkyl or cyclic N) is 1. The van der Waals surface area contributed by atoms with E-state index in [4.69, 9.17) is 0 Å². The van der Waals surface area contributed by atoms with E-state index in [2.05, 4.69) is 5.32 Å². The molecule has 0 aliphatic carbocycles. The van der Waals surface area contributed by atoms with E-state index >= 15 is 0 Å². The van der Waals surface area contributed by atoms with E-state index in [1.807, 2.05) is 38.1 Å². The second-order valence-electron chi connectivity index (χ2n) is 5.13. The molecule has 2 N–H and O–H groups in total. The van der Waals surface area contributed by atoms with Gasteiger partial charge in [-0.15, -0.1) is 0 Å². The zero-order valence-electron chi connectivity index (χ0n) is 10.9. The van der Waals surface area contributed by atoms with Crippen molar-refractivity contribution in [2.24, 2.45) is 0 Å². The molecule has 0 bridgehead atoms.